The fourth-order valence-corrected chi connectivity index (χ4v) is 3.06. The van der Waals surface area contributed by atoms with Crippen LogP contribution < -0.4 is 0 Å². The average molecular weight is 248 g/mol. The number of rotatable bonds is 3. The number of nitrogens with zero attached hydrogens (tertiary/aromatic N) is 1. The van der Waals surface area contributed by atoms with Gasteiger partial charge in [-0.05, 0) is 31.4 Å². The summed E-state index contributed by atoms with van der Waals surface area (Å²) in [6.45, 7) is 0.922. The minimum atomic E-state index is 0.405. The second kappa shape index (κ2) is 5.10. The Kier molecular flexibility index (Phi) is 3.34. The van der Waals surface area contributed by atoms with E-state index in [1.807, 2.05) is 18.2 Å². The quantitative estimate of drug-likeness (QED) is 0.847. The molecule has 3 rings (SSSR count). The Labute approximate surface area is 105 Å². The zero-order valence-electron chi connectivity index (χ0n) is 9.69. The first-order chi connectivity index (χ1) is 8.42. The SMILES string of the molecule is c1ccc2[nH]c(SC[C@H]3CCCCO3)nc2c1. The van der Waals surface area contributed by atoms with Gasteiger partial charge in [0.15, 0.2) is 5.16 Å². The second-order valence-corrected chi connectivity index (χ2v) is 5.37. The average Bonchev–Trinajstić information content (AvgIpc) is 2.80. The number of H-pyrrole nitrogens is 1. The van der Waals surface area contributed by atoms with E-state index in [9.17, 15) is 0 Å². The minimum absolute atomic E-state index is 0.405. The number of nitrogens with one attached hydrogen (secondary N) is 1. The number of hydrogen-bond acceptors (Lipinski definition) is 3. The van der Waals surface area contributed by atoms with Gasteiger partial charge in [-0.2, -0.15) is 0 Å². The number of benzene rings is 1. The van der Waals surface area contributed by atoms with Gasteiger partial charge in [0, 0.05) is 12.4 Å². The topological polar surface area (TPSA) is 37.9 Å². The molecule has 1 fully saturated rings. The molecule has 0 aliphatic carbocycles. The number of imidazole rings is 1. The van der Waals surface area contributed by atoms with Gasteiger partial charge in [-0.3, -0.25) is 0 Å². The Hall–Kier alpha value is -1.00. The first-order valence-electron chi connectivity index (χ1n) is 6.11. The Bertz CT molecular complexity index is 458. The van der Waals surface area contributed by atoms with Crippen LogP contribution in [0.4, 0.5) is 0 Å². The van der Waals surface area contributed by atoms with Crippen LogP contribution in [0.5, 0.6) is 0 Å². The first kappa shape index (κ1) is 11.1. The maximum absolute atomic E-state index is 5.71. The highest BCUT2D eigenvalue weighted by molar-refractivity contribution is 7.99. The van der Waals surface area contributed by atoms with E-state index >= 15 is 0 Å². The van der Waals surface area contributed by atoms with Gasteiger partial charge in [0.1, 0.15) is 0 Å². The van der Waals surface area contributed by atoms with E-state index in [2.05, 4.69) is 16.0 Å². The minimum Gasteiger partial charge on any atom is -0.377 e. The molecular weight excluding hydrogens is 232 g/mol. The molecule has 0 spiro atoms. The van der Waals surface area contributed by atoms with Crippen molar-refractivity contribution >= 4 is 22.8 Å². The smallest absolute Gasteiger partial charge is 0.166 e. The molecule has 3 nitrogen and oxygen atoms in total. The summed E-state index contributed by atoms with van der Waals surface area (Å²) in [5.74, 6) is 1.000. The lowest BCUT2D eigenvalue weighted by atomic mass is 10.1. The van der Waals surface area contributed by atoms with Crippen LogP contribution in [0.1, 0.15) is 19.3 Å². The third-order valence-electron chi connectivity index (χ3n) is 3.05. The molecule has 4 heteroatoms. The molecule has 0 unspecified atom stereocenters. The fourth-order valence-electron chi connectivity index (χ4n) is 2.11. The maximum Gasteiger partial charge on any atom is 0.166 e. The maximum atomic E-state index is 5.71. The van der Waals surface area contributed by atoms with E-state index in [1.165, 1.54) is 19.3 Å². The molecule has 1 aliphatic heterocycles. The van der Waals surface area contributed by atoms with Crippen LogP contribution in [-0.4, -0.2) is 28.4 Å². The summed E-state index contributed by atoms with van der Waals surface area (Å²) in [7, 11) is 0. The summed E-state index contributed by atoms with van der Waals surface area (Å²) in [4.78, 5) is 7.88. The van der Waals surface area contributed by atoms with Crippen molar-refractivity contribution in [2.75, 3.05) is 12.4 Å². The predicted molar refractivity (Wildman–Crippen MR) is 70.4 cm³/mol. The lowest BCUT2D eigenvalue weighted by Gasteiger charge is -2.21. The number of ether oxygens (including phenoxy) is 1. The molecule has 2 heterocycles. The molecule has 1 aliphatic rings. The van der Waals surface area contributed by atoms with Crippen LogP contribution in [0.25, 0.3) is 11.0 Å². The zero-order valence-corrected chi connectivity index (χ0v) is 10.5. The number of para-hydroxylation sites is 2. The number of aromatic nitrogens is 2. The van der Waals surface area contributed by atoms with Crippen LogP contribution in [0, 0.1) is 0 Å². The summed E-state index contributed by atoms with van der Waals surface area (Å²) < 4.78 is 5.71. The summed E-state index contributed by atoms with van der Waals surface area (Å²) in [5.41, 5.74) is 2.15. The van der Waals surface area contributed by atoms with Crippen LogP contribution in [-0.2, 0) is 4.74 Å². The van der Waals surface area contributed by atoms with Crippen molar-refractivity contribution in [2.24, 2.45) is 0 Å². The van der Waals surface area contributed by atoms with Crippen molar-refractivity contribution in [1.29, 1.82) is 0 Å². The lowest BCUT2D eigenvalue weighted by molar-refractivity contribution is 0.0315. The van der Waals surface area contributed by atoms with Gasteiger partial charge in [0.05, 0.1) is 17.1 Å². The van der Waals surface area contributed by atoms with Crippen LogP contribution in [0.3, 0.4) is 0 Å². The van der Waals surface area contributed by atoms with Crippen molar-refractivity contribution in [3.05, 3.63) is 24.3 Å². The normalized spacial score (nSPS) is 20.8. The highest BCUT2D eigenvalue weighted by Gasteiger charge is 2.14. The molecule has 1 atom stereocenters. The fraction of sp³-hybridized carbons (Fsp3) is 0.462. The van der Waals surface area contributed by atoms with Crippen molar-refractivity contribution in [2.45, 2.75) is 30.5 Å². The largest absolute Gasteiger partial charge is 0.377 e. The first-order valence-corrected chi connectivity index (χ1v) is 7.09. The Balaban J connectivity index is 1.64. The monoisotopic (exact) mass is 248 g/mol. The standard InChI is InChI=1S/C13H16N2OS/c1-2-7-12-11(6-1)14-13(15-12)17-9-10-5-3-4-8-16-10/h1-2,6-7,10H,3-5,8-9H2,(H,14,15)/t10-/m1/s1. The molecule has 1 aromatic carbocycles. The number of fused-ring (bicyclic) bond motifs is 1. The van der Waals surface area contributed by atoms with Crippen LogP contribution >= 0.6 is 11.8 Å². The molecule has 0 saturated carbocycles. The van der Waals surface area contributed by atoms with E-state index in [0.29, 0.717) is 6.10 Å². The molecule has 90 valence electrons. The summed E-state index contributed by atoms with van der Waals surface area (Å²) in [6.07, 6.45) is 4.10. The molecule has 1 N–H and O–H groups in total. The molecule has 0 amide bonds. The Morgan fingerprint density at radius 1 is 1.35 bits per heavy atom. The lowest BCUT2D eigenvalue weighted by Crippen LogP contribution is -2.21. The second-order valence-electron chi connectivity index (χ2n) is 4.36. The summed E-state index contributed by atoms with van der Waals surface area (Å²) >= 11 is 1.76. The summed E-state index contributed by atoms with van der Waals surface area (Å²) in [5, 5.41) is 1.00. The Morgan fingerprint density at radius 2 is 2.29 bits per heavy atom. The van der Waals surface area contributed by atoms with Crippen molar-refractivity contribution < 1.29 is 4.74 Å². The molecule has 0 bridgehead atoms. The van der Waals surface area contributed by atoms with Crippen molar-refractivity contribution in [1.82, 2.24) is 9.97 Å². The van der Waals surface area contributed by atoms with Gasteiger partial charge >= 0.3 is 0 Å². The molecule has 1 aromatic heterocycles. The highest BCUT2D eigenvalue weighted by atomic mass is 32.2. The number of hydrogen-bond donors (Lipinski definition) is 1. The third kappa shape index (κ3) is 2.64. The summed E-state index contributed by atoms with van der Waals surface area (Å²) in [6, 6.07) is 8.14. The van der Waals surface area contributed by atoms with Gasteiger partial charge < -0.3 is 9.72 Å². The number of aromatic amines is 1. The molecule has 0 radical (unpaired) electrons. The molecular formula is C13H16N2OS. The van der Waals surface area contributed by atoms with E-state index < -0.39 is 0 Å². The Morgan fingerprint density at radius 3 is 3.12 bits per heavy atom. The van der Waals surface area contributed by atoms with Crippen LogP contribution in [0.2, 0.25) is 0 Å². The van der Waals surface area contributed by atoms with Gasteiger partial charge in [0.2, 0.25) is 0 Å². The third-order valence-corrected chi connectivity index (χ3v) is 4.05. The van der Waals surface area contributed by atoms with Gasteiger partial charge in [-0.15, -0.1) is 0 Å². The van der Waals surface area contributed by atoms with Crippen molar-refractivity contribution in [3.63, 3.8) is 0 Å². The van der Waals surface area contributed by atoms with E-state index in [0.717, 1.165) is 28.5 Å². The van der Waals surface area contributed by atoms with Crippen molar-refractivity contribution in [3.8, 4) is 0 Å². The molecule has 2 aromatic rings. The van der Waals surface area contributed by atoms with Gasteiger partial charge in [-0.1, -0.05) is 23.9 Å². The highest BCUT2D eigenvalue weighted by Crippen LogP contribution is 2.23. The predicted octanol–water partition coefficient (Wildman–Crippen LogP) is 3.22. The zero-order chi connectivity index (χ0) is 11.5. The van der Waals surface area contributed by atoms with Gasteiger partial charge in [0.25, 0.3) is 0 Å². The van der Waals surface area contributed by atoms with Crippen LogP contribution in [0.15, 0.2) is 29.4 Å². The van der Waals surface area contributed by atoms with E-state index in [4.69, 9.17) is 4.74 Å². The number of thioether (sulfide) groups is 1. The van der Waals surface area contributed by atoms with E-state index in [1.54, 1.807) is 11.8 Å². The molecule has 17 heavy (non-hydrogen) atoms. The van der Waals surface area contributed by atoms with E-state index in [-0.39, 0.29) is 0 Å². The van der Waals surface area contributed by atoms with Gasteiger partial charge in [-0.25, -0.2) is 4.98 Å². The molecule has 1 saturated heterocycles.